The summed E-state index contributed by atoms with van der Waals surface area (Å²) in [5, 5.41) is 2.17. The molecule has 2 heterocycles. The second-order valence-electron chi connectivity index (χ2n) is 8.45. The molecular weight excluding hydrogens is 407 g/mol. The fourth-order valence-corrected chi connectivity index (χ4v) is 4.53. The first-order valence-corrected chi connectivity index (χ1v) is 10.7. The minimum atomic E-state index is -0.604. The summed E-state index contributed by atoms with van der Waals surface area (Å²) in [5.41, 5.74) is 1.23. The number of carbonyl (C=O) groups is 1. The fourth-order valence-electron chi connectivity index (χ4n) is 4.53. The van der Waals surface area contributed by atoms with Gasteiger partial charge in [0.25, 0.3) is 5.91 Å². The second-order valence-corrected chi connectivity index (χ2v) is 8.45. The molecule has 32 heavy (non-hydrogen) atoms. The summed E-state index contributed by atoms with van der Waals surface area (Å²) in [7, 11) is 3.95. The summed E-state index contributed by atoms with van der Waals surface area (Å²) in [4.78, 5) is 30.8. The molecule has 1 atom stereocenters. The van der Waals surface area contributed by atoms with Crippen molar-refractivity contribution in [2.75, 3.05) is 27.2 Å². The summed E-state index contributed by atoms with van der Waals surface area (Å²) in [6.45, 7) is 1.25. The standard InChI is InChI=1S/C26H23FN2O3/c1-28(2)14-5-15-29-22(17-8-11-18(27)12-9-17)21-23(30)20-13-10-16-6-3-4-7-19(16)24(20)32-25(21)26(29)31/h3-4,6-13,22H,5,14-15H2,1-2H3/t22-/m1/s1. The minimum Gasteiger partial charge on any atom is -0.450 e. The van der Waals surface area contributed by atoms with Crippen LogP contribution in [0, 0.1) is 5.82 Å². The molecular formula is C26H23FN2O3. The molecule has 4 aromatic rings. The highest BCUT2D eigenvalue weighted by atomic mass is 19.1. The highest BCUT2D eigenvalue weighted by Gasteiger charge is 2.42. The van der Waals surface area contributed by atoms with Crippen molar-refractivity contribution in [2.45, 2.75) is 12.5 Å². The van der Waals surface area contributed by atoms with Crippen molar-refractivity contribution in [3.63, 3.8) is 0 Å². The number of nitrogens with zero attached hydrogens (tertiary/aromatic N) is 2. The molecule has 1 amide bonds. The fraction of sp³-hybridized carbons (Fsp3) is 0.231. The van der Waals surface area contributed by atoms with Crippen molar-refractivity contribution in [2.24, 2.45) is 0 Å². The van der Waals surface area contributed by atoms with Crippen LogP contribution in [0.15, 0.2) is 69.9 Å². The molecule has 0 N–H and O–H groups in total. The van der Waals surface area contributed by atoms with E-state index >= 15 is 0 Å². The van der Waals surface area contributed by atoms with Crippen LogP contribution < -0.4 is 5.43 Å². The Bertz CT molecular complexity index is 1390. The van der Waals surface area contributed by atoms with E-state index in [9.17, 15) is 14.0 Å². The van der Waals surface area contributed by atoms with Crippen molar-refractivity contribution in [1.82, 2.24) is 9.80 Å². The van der Waals surface area contributed by atoms with Gasteiger partial charge in [-0.2, -0.15) is 0 Å². The predicted octanol–water partition coefficient (Wildman–Crippen LogP) is 4.58. The van der Waals surface area contributed by atoms with Crippen LogP contribution in [0.4, 0.5) is 4.39 Å². The molecule has 5 nitrogen and oxygen atoms in total. The van der Waals surface area contributed by atoms with Crippen LogP contribution >= 0.6 is 0 Å². The third kappa shape index (κ3) is 3.28. The van der Waals surface area contributed by atoms with E-state index in [1.807, 2.05) is 49.3 Å². The van der Waals surface area contributed by atoms with Crippen molar-refractivity contribution in [1.29, 1.82) is 0 Å². The van der Waals surface area contributed by atoms with Crippen molar-refractivity contribution >= 4 is 27.6 Å². The molecule has 0 spiro atoms. The molecule has 5 rings (SSSR count). The van der Waals surface area contributed by atoms with Crippen LogP contribution in [0.3, 0.4) is 0 Å². The summed E-state index contributed by atoms with van der Waals surface area (Å²) in [6, 6.07) is 16.6. The first kappa shape index (κ1) is 20.4. The van der Waals surface area contributed by atoms with Gasteiger partial charge in [0.2, 0.25) is 5.76 Å². The van der Waals surface area contributed by atoms with Crippen LogP contribution in [0.25, 0.3) is 21.7 Å². The molecule has 162 valence electrons. The number of hydrogen-bond donors (Lipinski definition) is 0. The van der Waals surface area contributed by atoms with Crippen LogP contribution in [0.1, 0.15) is 34.1 Å². The van der Waals surface area contributed by atoms with Gasteiger partial charge in [-0.3, -0.25) is 9.59 Å². The van der Waals surface area contributed by atoms with Crippen LogP contribution in [-0.2, 0) is 0 Å². The topological polar surface area (TPSA) is 53.8 Å². The second kappa shape index (κ2) is 7.88. The summed E-state index contributed by atoms with van der Waals surface area (Å²) >= 11 is 0. The van der Waals surface area contributed by atoms with Gasteiger partial charge in [0.15, 0.2) is 5.43 Å². The van der Waals surface area contributed by atoms with Crippen LogP contribution in [0.2, 0.25) is 0 Å². The molecule has 1 aliphatic rings. The third-order valence-corrected chi connectivity index (χ3v) is 6.05. The normalized spacial score (nSPS) is 15.8. The smallest absolute Gasteiger partial charge is 0.290 e. The monoisotopic (exact) mass is 430 g/mol. The molecule has 0 bridgehead atoms. The van der Waals surface area contributed by atoms with Gasteiger partial charge in [-0.05, 0) is 56.2 Å². The highest BCUT2D eigenvalue weighted by molar-refractivity contribution is 6.06. The van der Waals surface area contributed by atoms with Gasteiger partial charge in [0, 0.05) is 11.9 Å². The van der Waals surface area contributed by atoms with Gasteiger partial charge >= 0.3 is 0 Å². The van der Waals surface area contributed by atoms with Crippen LogP contribution in [-0.4, -0.2) is 42.9 Å². The van der Waals surface area contributed by atoms with E-state index in [2.05, 4.69) is 0 Å². The van der Waals surface area contributed by atoms with Gasteiger partial charge in [-0.25, -0.2) is 4.39 Å². The Hall–Kier alpha value is -3.51. The number of fused-ring (bicyclic) bond motifs is 4. The Morgan fingerprint density at radius 1 is 0.969 bits per heavy atom. The lowest BCUT2D eigenvalue weighted by Gasteiger charge is -2.25. The van der Waals surface area contributed by atoms with E-state index in [0.29, 0.717) is 28.6 Å². The maximum Gasteiger partial charge on any atom is 0.290 e. The number of carbonyl (C=O) groups excluding carboxylic acids is 1. The maximum atomic E-state index is 13.7. The quantitative estimate of drug-likeness (QED) is 0.435. The van der Waals surface area contributed by atoms with E-state index < -0.39 is 6.04 Å². The molecule has 6 heteroatoms. The molecule has 0 fully saturated rings. The van der Waals surface area contributed by atoms with Crippen LogP contribution in [0.5, 0.6) is 0 Å². The lowest BCUT2D eigenvalue weighted by atomic mass is 9.97. The number of rotatable bonds is 5. The molecule has 0 saturated heterocycles. The first-order chi connectivity index (χ1) is 15.5. The molecule has 0 unspecified atom stereocenters. The van der Waals surface area contributed by atoms with E-state index in [1.165, 1.54) is 12.1 Å². The van der Waals surface area contributed by atoms with Gasteiger partial charge in [-0.1, -0.05) is 42.5 Å². The minimum absolute atomic E-state index is 0.0815. The van der Waals surface area contributed by atoms with Gasteiger partial charge in [0.05, 0.1) is 17.0 Å². The lowest BCUT2D eigenvalue weighted by molar-refractivity contribution is 0.0722. The highest BCUT2D eigenvalue weighted by Crippen LogP contribution is 2.39. The maximum absolute atomic E-state index is 13.7. The molecule has 0 aliphatic carbocycles. The van der Waals surface area contributed by atoms with Crippen molar-refractivity contribution < 1.29 is 13.6 Å². The molecule has 3 aromatic carbocycles. The number of benzene rings is 3. The predicted molar refractivity (Wildman–Crippen MR) is 122 cm³/mol. The number of hydrogen-bond acceptors (Lipinski definition) is 4. The Labute approximate surface area is 184 Å². The Morgan fingerprint density at radius 2 is 1.72 bits per heavy atom. The Balaban J connectivity index is 1.72. The Kier molecular flexibility index (Phi) is 5.02. The summed E-state index contributed by atoms with van der Waals surface area (Å²) in [6.07, 6.45) is 0.737. The Morgan fingerprint density at radius 3 is 2.47 bits per heavy atom. The largest absolute Gasteiger partial charge is 0.450 e. The van der Waals surface area contributed by atoms with Gasteiger partial charge < -0.3 is 14.2 Å². The average Bonchev–Trinajstić information content (AvgIpc) is 3.06. The number of amides is 1. The van der Waals surface area contributed by atoms with Gasteiger partial charge in [0.1, 0.15) is 11.4 Å². The number of halogens is 1. The van der Waals surface area contributed by atoms with E-state index in [-0.39, 0.29) is 22.9 Å². The van der Waals surface area contributed by atoms with E-state index in [0.717, 1.165) is 23.7 Å². The molecule has 0 saturated carbocycles. The molecule has 1 aromatic heterocycles. The zero-order valence-electron chi connectivity index (χ0n) is 18.0. The summed E-state index contributed by atoms with van der Waals surface area (Å²) in [5.74, 6) is -0.590. The van der Waals surface area contributed by atoms with E-state index in [1.54, 1.807) is 23.1 Å². The van der Waals surface area contributed by atoms with Crippen molar-refractivity contribution in [3.05, 3.63) is 93.6 Å². The zero-order valence-corrected chi connectivity index (χ0v) is 18.0. The average molecular weight is 430 g/mol. The lowest BCUT2D eigenvalue weighted by Crippen LogP contribution is -2.32. The van der Waals surface area contributed by atoms with Gasteiger partial charge in [-0.15, -0.1) is 0 Å². The third-order valence-electron chi connectivity index (χ3n) is 6.05. The molecule has 1 aliphatic heterocycles. The van der Waals surface area contributed by atoms with E-state index in [4.69, 9.17) is 4.42 Å². The molecule has 0 radical (unpaired) electrons. The first-order valence-electron chi connectivity index (χ1n) is 10.7. The van der Waals surface area contributed by atoms with Crippen molar-refractivity contribution in [3.8, 4) is 0 Å². The summed E-state index contributed by atoms with van der Waals surface area (Å²) < 4.78 is 19.8. The zero-order chi connectivity index (χ0) is 22.4. The SMILES string of the molecule is CN(C)CCCN1C(=O)c2oc3c(ccc4ccccc43)c(=O)c2[C@H]1c1ccc(F)cc1.